The number of guanidine groups is 1. The summed E-state index contributed by atoms with van der Waals surface area (Å²) in [7, 11) is 3.53. The van der Waals surface area contributed by atoms with Crippen molar-refractivity contribution in [1.82, 2.24) is 15.5 Å². The van der Waals surface area contributed by atoms with Gasteiger partial charge in [-0.15, -0.1) is 24.0 Å². The van der Waals surface area contributed by atoms with E-state index in [2.05, 4.69) is 53.4 Å². The van der Waals surface area contributed by atoms with Crippen molar-refractivity contribution in [3.8, 4) is 5.75 Å². The van der Waals surface area contributed by atoms with Crippen LogP contribution in [-0.2, 0) is 4.74 Å². The van der Waals surface area contributed by atoms with Crippen LogP contribution in [0.3, 0.4) is 0 Å². The maximum absolute atomic E-state index is 5.50. The summed E-state index contributed by atoms with van der Waals surface area (Å²) >= 11 is 0. The number of hydrogen-bond acceptors (Lipinski definition) is 4. The molecule has 6 nitrogen and oxygen atoms in total. The molecule has 1 aliphatic rings. The zero-order chi connectivity index (χ0) is 20.4. The predicted octanol–water partition coefficient (Wildman–Crippen LogP) is 3.33. The fourth-order valence-electron chi connectivity index (χ4n) is 3.62. The molecule has 2 N–H and O–H groups in total. The monoisotopic (exact) mass is 518 g/mol. The zero-order valence-corrected chi connectivity index (χ0v) is 20.9. The number of hydrogen-bond donors (Lipinski definition) is 2. The van der Waals surface area contributed by atoms with Crippen molar-refractivity contribution in [3.05, 3.63) is 29.8 Å². The molecular formula is C22H39IN4O2. The molecule has 2 rings (SSSR count). The molecule has 0 amide bonds. The Morgan fingerprint density at radius 2 is 1.79 bits per heavy atom. The van der Waals surface area contributed by atoms with Gasteiger partial charge in [0.2, 0.25) is 0 Å². The van der Waals surface area contributed by atoms with Crippen LogP contribution in [0.25, 0.3) is 0 Å². The van der Waals surface area contributed by atoms with Crippen LogP contribution in [0.4, 0.5) is 0 Å². The Balaban J connectivity index is 0.00000420. The molecule has 1 aromatic carbocycles. The molecule has 1 aromatic rings. The van der Waals surface area contributed by atoms with Gasteiger partial charge in [0.25, 0.3) is 0 Å². The highest BCUT2D eigenvalue weighted by molar-refractivity contribution is 14.0. The number of nitrogens with zero attached hydrogens (tertiary/aromatic N) is 2. The summed E-state index contributed by atoms with van der Waals surface area (Å²) in [6.45, 7) is 12.3. The molecule has 166 valence electrons. The van der Waals surface area contributed by atoms with Crippen LogP contribution in [0.1, 0.15) is 38.7 Å². The summed E-state index contributed by atoms with van der Waals surface area (Å²) in [4.78, 5) is 6.92. The summed E-state index contributed by atoms with van der Waals surface area (Å²) in [6.07, 6.45) is 1.05. The van der Waals surface area contributed by atoms with Gasteiger partial charge in [-0.3, -0.25) is 9.89 Å². The van der Waals surface area contributed by atoms with Crippen molar-refractivity contribution >= 4 is 29.9 Å². The zero-order valence-electron chi connectivity index (χ0n) is 18.6. The van der Waals surface area contributed by atoms with Crippen molar-refractivity contribution in [2.75, 3.05) is 53.6 Å². The molecule has 1 fully saturated rings. The van der Waals surface area contributed by atoms with Crippen LogP contribution >= 0.6 is 24.0 Å². The van der Waals surface area contributed by atoms with E-state index in [1.807, 2.05) is 19.2 Å². The van der Waals surface area contributed by atoms with Gasteiger partial charge in [-0.1, -0.05) is 32.9 Å². The van der Waals surface area contributed by atoms with E-state index < -0.39 is 0 Å². The Morgan fingerprint density at radius 3 is 2.34 bits per heavy atom. The van der Waals surface area contributed by atoms with Gasteiger partial charge in [-0.25, -0.2) is 0 Å². The van der Waals surface area contributed by atoms with Gasteiger partial charge in [0.15, 0.2) is 5.96 Å². The number of ether oxygens (including phenoxy) is 2. The van der Waals surface area contributed by atoms with Crippen LogP contribution in [0.5, 0.6) is 5.75 Å². The van der Waals surface area contributed by atoms with Gasteiger partial charge in [-0.2, -0.15) is 0 Å². The number of rotatable bonds is 9. The molecule has 29 heavy (non-hydrogen) atoms. The van der Waals surface area contributed by atoms with Crippen molar-refractivity contribution in [2.45, 2.75) is 39.2 Å². The second-order valence-corrected chi connectivity index (χ2v) is 7.80. The van der Waals surface area contributed by atoms with E-state index in [1.165, 1.54) is 5.56 Å². The summed E-state index contributed by atoms with van der Waals surface area (Å²) in [5, 5.41) is 6.98. The molecule has 2 atom stereocenters. The van der Waals surface area contributed by atoms with Crippen LogP contribution in [-0.4, -0.2) is 70.5 Å². The highest BCUT2D eigenvalue weighted by atomic mass is 127. The first-order valence-electron chi connectivity index (χ1n) is 10.5. The third-order valence-corrected chi connectivity index (χ3v) is 5.54. The molecule has 1 aliphatic heterocycles. The largest absolute Gasteiger partial charge is 0.497 e. The average Bonchev–Trinajstić information content (AvgIpc) is 2.73. The second kappa shape index (κ2) is 14.0. The lowest BCUT2D eigenvalue weighted by Crippen LogP contribution is -2.52. The first-order valence-corrected chi connectivity index (χ1v) is 10.5. The fraction of sp³-hybridized carbons (Fsp3) is 0.682. The molecular weight excluding hydrogens is 479 g/mol. The molecule has 1 saturated heterocycles. The normalized spacial score (nSPS) is 17.4. The Bertz CT molecular complexity index is 589. The van der Waals surface area contributed by atoms with Gasteiger partial charge in [0, 0.05) is 39.3 Å². The van der Waals surface area contributed by atoms with Crippen molar-refractivity contribution in [2.24, 2.45) is 10.9 Å². The third kappa shape index (κ3) is 8.68. The van der Waals surface area contributed by atoms with Gasteiger partial charge in [0.1, 0.15) is 5.75 Å². The number of nitrogens with one attached hydrogen (secondary N) is 2. The second-order valence-electron chi connectivity index (χ2n) is 7.80. The average molecular weight is 518 g/mol. The van der Waals surface area contributed by atoms with Crippen molar-refractivity contribution in [3.63, 3.8) is 0 Å². The topological polar surface area (TPSA) is 58.1 Å². The van der Waals surface area contributed by atoms with Crippen molar-refractivity contribution in [1.29, 1.82) is 0 Å². The van der Waals surface area contributed by atoms with E-state index in [0.717, 1.165) is 57.5 Å². The number of aliphatic imine (C=N–C) groups is 1. The standard InChI is InChI=1S/C22H38N4O2.HI/c1-17(2)21(26-12-14-28-15-13-26)16-25-22(23-4)24-11-10-18(3)19-6-8-20(27-5)9-7-19;/h6-9,17-18,21H,10-16H2,1-5H3,(H2,23,24,25);1H. The molecule has 0 radical (unpaired) electrons. The fourth-order valence-corrected chi connectivity index (χ4v) is 3.62. The first-order chi connectivity index (χ1) is 13.5. The Labute approximate surface area is 193 Å². The lowest BCUT2D eigenvalue weighted by atomic mass is 9.98. The predicted molar refractivity (Wildman–Crippen MR) is 132 cm³/mol. The Morgan fingerprint density at radius 1 is 1.14 bits per heavy atom. The molecule has 7 heteroatoms. The highest BCUT2D eigenvalue weighted by Crippen LogP contribution is 2.21. The van der Waals surface area contributed by atoms with E-state index in [4.69, 9.17) is 9.47 Å². The number of halogens is 1. The number of methoxy groups -OCH3 is 1. The summed E-state index contributed by atoms with van der Waals surface area (Å²) in [5.74, 6) is 2.84. The quantitative estimate of drug-likeness (QED) is 0.299. The number of morpholine rings is 1. The minimum atomic E-state index is 0. The van der Waals surface area contributed by atoms with E-state index >= 15 is 0 Å². The Kier molecular flexibility index (Phi) is 12.6. The third-order valence-electron chi connectivity index (χ3n) is 5.54. The smallest absolute Gasteiger partial charge is 0.191 e. The molecule has 0 bridgehead atoms. The van der Waals surface area contributed by atoms with E-state index in [9.17, 15) is 0 Å². The number of benzene rings is 1. The van der Waals surface area contributed by atoms with Gasteiger partial charge < -0.3 is 20.1 Å². The minimum absolute atomic E-state index is 0. The molecule has 0 saturated carbocycles. The molecule has 0 aliphatic carbocycles. The maximum Gasteiger partial charge on any atom is 0.191 e. The molecule has 1 heterocycles. The lowest BCUT2D eigenvalue weighted by molar-refractivity contribution is 0.00752. The summed E-state index contributed by atoms with van der Waals surface area (Å²) in [5.41, 5.74) is 1.33. The van der Waals surface area contributed by atoms with Crippen LogP contribution in [0, 0.1) is 5.92 Å². The van der Waals surface area contributed by atoms with E-state index in [0.29, 0.717) is 17.9 Å². The molecule has 2 unspecified atom stereocenters. The van der Waals surface area contributed by atoms with Crippen molar-refractivity contribution < 1.29 is 9.47 Å². The van der Waals surface area contributed by atoms with Crippen LogP contribution in [0.2, 0.25) is 0 Å². The Hall–Kier alpha value is -1.06. The van der Waals surface area contributed by atoms with Crippen LogP contribution < -0.4 is 15.4 Å². The van der Waals surface area contributed by atoms with Crippen LogP contribution in [0.15, 0.2) is 29.3 Å². The van der Waals surface area contributed by atoms with Gasteiger partial charge in [0.05, 0.1) is 20.3 Å². The van der Waals surface area contributed by atoms with E-state index in [-0.39, 0.29) is 24.0 Å². The molecule has 0 spiro atoms. The highest BCUT2D eigenvalue weighted by Gasteiger charge is 2.23. The van der Waals surface area contributed by atoms with E-state index in [1.54, 1.807) is 7.11 Å². The van der Waals surface area contributed by atoms with Gasteiger partial charge in [-0.05, 0) is 36.0 Å². The summed E-state index contributed by atoms with van der Waals surface area (Å²) < 4.78 is 10.7. The maximum atomic E-state index is 5.50. The summed E-state index contributed by atoms with van der Waals surface area (Å²) in [6, 6.07) is 8.83. The first kappa shape index (κ1) is 26.0. The lowest BCUT2D eigenvalue weighted by Gasteiger charge is -2.37. The molecule has 0 aromatic heterocycles. The van der Waals surface area contributed by atoms with Gasteiger partial charge >= 0.3 is 0 Å². The SMILES string of the molecule is CN=C(NCCC(C)c1ccc(OC)cc1)NCC(C(C)C)N1CCOCC1.I. The minimum Gasteiger partial charge on any atom is -0.497 e.